The molecule has 3 nitrogen and oxygen atoms in total. The minimum atomic E-state index is 0.192. The SMILES string of the molecule is Cc1ccc(N=C2C=CC(C)C(=[N+]=[N-])C2)cc1. The van der Waals surface area contributed by atoms with E-state index < -0.39 is 0 Å². The first-order chi connectivity index (χ1) is 8.19. The van der Waals surface area contributed by atoms with Crippen molar-refractivity contribution in [3.05, 3.63) is 47.5 Å². The smallest absolute Gasteiger partial charge is 0.281 e. The van der Waals surface area contributed by atoms with Crippen LogP contribution in [0.5, 0.6) is 0 Å². The fourth-order valence-electron chi connectivity index (χ4n) is 1.76. The lowest BCUT2D eigenvalue weighted by atomic mass is 9.94. The van der Waals surface area contributed by atoms with Crippen LogP contribution in [0, 0.1) is 12.8 Å². The summed E-state index contributed by atoms with van der Waals surface area (Å²) in [6.45, 7) is 4.06. The van der Waals surface area contributed by atoms with Crippen molar-refractivity contribution in [2.45, 2.75) is 20.3 Å². The van der Waals surface area contributed by atoms with E-state index in [9.17, 15) is 0 Å². The number of allylic oxidation sites excluding steroid dienone is 2. The van der Waals surface area contributed by atoms with Gasteiger partial charge in [-0.2, -0.15) is 4.79 Å². The summed E-state index contributed by atoms with van der Waals surface area (Å²) in [5, 5.41) is 0. The Morgan fingerprint density at radius 2 is 2.00 bits per heavy atom. The van der Waals surface area contributed by atoms with Gasteiger partial charge in [-0.15, -0.1) is 0 Å². The monoisotopic (exact) mass is 225 g/mol. The van der Waals surface area contributed by atoms with Crippen LogP contribution in [-0.4, -0.2) is 16.2 Å². The van der Waals surface area contributed by atoms with Crippen molar-refractivity contribution in [3.8, 4) is 0 Å². The molecule has 1 atom stereocenters. The maximum Gasteiger partial charge on any atom is 0.281 e. The molecule has 0 aliphatic heterocycles. The molecule has 0 saturated heterocycles. The molecule has 17 heavy (non-hydrogen) atoms. The molecule has 0 radical (unpaired) electrons. The van der Waals surface area contributed by atoms with Crippen LogP contribution in [0.15, 0.2) is 41.4 Å². The van der Waals surface area contributed by atoms with Gasteiger partial charge in [0.15, 0.2) is 0 Å². The van der Waals surface area contributed by atoms with Gasteiger partial charge in [0.1, 0.15) is 0 Å². The molecule has 1 aliphatic rings. The Balaban J connectivity index is 2.27. The Kier molecular flexibility index (Phi) is 3.31. The molecule has 3 heteroatoms. The number of aliphatic imine (C=N–C) groups is 1. The molecule has 1 aromatic carbocycles. The van der Waals surface area contributed by atoms with E-state index in [1.54, 1.807) is 0 Å². The second-order valence-corrected chi connectivity index (χ2v) is 4.35. The number of benzene rings is 1. The second kappa shape index (κ2) is 4.89. The minimum Gasteiger partial charge on any atom is -0.362 e. The van der Waals surface area contributed by atoms with Crippen molar-refractivity contribution in [2.24, 2.45) is 10.9 Å². The third kappa shape index (κ3) is 2.77. The van der Waals surface area contributed by atoms with Gasteiger partial charge < -0.3 is 5.53 Å². The molecule has 0 saturated carbocycles. The van der Waals surface area contributed by atoms with Crippen LogP contribution in [-0.2, 0) is 0 Å². The number of nitrogens with zero attached hydrogens (tertiary/aromatic N) is 3. The Bertz CT molecular complexity index is 517. The van der Waals surface area contributed by atoms with Gasteiger partial charge in [-0.05, 0) is 32.1 Å². The van der Waals surface area contributed by atoms with Gasteiger partial charge >= 0.3 is 0 Å². The van der Waals surface area contributed by atoms with E-state index in [1.165, 1.54) is 5.56 Å². The van der Waals surface area contributed by atoms with Gasteiger partial charge in [-0.1, -0.05) is 23.8 Å². The Morgan fingerprint density at radius 1 is 1.29 bits per heavy atom. The predicted molar refractivity (Wildman–Crippen MR) is 69.8 cm³/mol. The normalized spacial score (nSPS) is 21.6. The van der Waals surface area contributed by atoms with Gasteiger partial charge in [0, 0.05) is 0 Å². The highest BCUT2D eigenvalue weighted by Crippen LogP contribution is 2.17. The highest BCUT2D eigenvalue weighted by molar-refractivity contribution is 6.12. The highest BCUT2D eigenvalue weighted by atomic mass is 14.9. The Hall–Kier alpha value is -1.99. The largest absolute Gasteiger partial charge is 0.362 e. The van der Waals surface area contributed by atoms with Gasteiger partial charge in [0.05, 0.1) is 23.7 Å². The maximum atomic E-state index is 8.88. The third-order valence-corrected chi connectivity index (χ3v) is 2.90. The van der Waals surface area contributed by atoms with Crippen LogP contribution in [0.4, 0.5) is 5.69 Å². The van der Waals surface area contributed by atoms with Gasteiger partial charge in [-0.3, -0.25) is 4.99 Å². The van der Waals surface area contributed by atoms with E-state index in [-0.39, 0.29) is 5.92 Å². The number of hydrogen-bond acceptors (Lipinski definition) is 1. The van der Waals surface area contributed by atoms with E-state index in [2.05, 4.69) is 16.7 Å². The van der Waals surface area contributed by atoms with Crippen molar-refractivity contribution >= 4 is 17.1 Å². The first-order valence-electron chi connectivity index (χ1n) is 5.72. The van der Waals surface area contributed by atoms with Crippen LogP contribution in [0.1, 0.15) is 18.9 Å². The first-order valence-corrected chi connectivity index (χ1v) is 5.72. The molecular formula is C14H15N3. The summed E-state index contributed by atoms with van der Waals surface area (Å²) in [7, 11) is 0. The van der Waals surface area contributed by atoms with Crippen LogP contribution in [0.25, 0.3) is 5.53 Å². The minimum absolute atomic E-state index is 0.192. The Morgan fingerprint density at radius 3 is 2.65 bits per heavy atom. The molecule has 0 bridgehead atoms. The average Bonchev–Trinajstić information content (AvgIpc) is 2.34. The van der Waals surface area contributed by atoms with Crippen LogP contribution in [0.3, 0.4) is 0 Å². The molecule has 2 rings (SSSR count). The topological polar surface area (TPSA) is 48.8 Å². The number of aryl methyl sites for hydroxylation is 1. The van der Waals surface area contributed by atoms with Crippen molar-refractivity contribution in [1.82, 2.24) is 0 Å². The first kappa shape index (κ1) is 11.5. The summed E-state index contributed by atoms with van der Waals surface area (Å²) in [4.78, 5) is 7.85. The van der Waals surface area contributed by atoms with E-state index >= 15 is 0 Å². The summed E-state index contributed by atoms with van der Waals surface area (Å²) in [5.74, 6) is 0.192. The molecule has 0 amide bonds. The lowest BCUT2D eigenvalue weighted by Crippen LogP contribution is -2.19. The third-order valence-electron chi connectivity index (χ3n) is 2.90. The molecule has 0 spiro atoms. The molecular weight excluding hydrogens is 210 g/mol. The summed E-state index contributed by atoms with van der Waals surface area (Å²) >= 11 is 0. The summed E-state index contributed by atoms with van der Waals surface area (Å²) in [6, 6.07) is 8.05. The fraction of sp³-hybridized carbons (Fsp3) is 0.286. The lowest BCUT2D eigenvalue weighted by Gasteiger charge is -2.08. The molecule has 0 aromatic heterocycles. The fourth-order valence-corrected chi connectivity index (χ4v) is 1.76. The number of hydrogen-bond donors (Lipinski definition) is 0. The van der Waals surface area contributed by atoms with Crippen LogP contribution < -0.4 is 0 Å². The molecule has 86 valence electrons. The van der Waals surface area contributed by atoms with Crippen molar-refractivity contribution in [2.75, 3.05) is 0 Å². The summed E-state index contributed by atoms with van der Waals surface area (Å²) < 4.78 is 0. The molecule has 1 aliphatic carbocycles. The summed E-state index contributed by atoms with van der Waals surface area (Å²) in [6.07, 6.45) is 4.62. The highest BCUT2D eigenvalue weighted by Gasteiger charge is 2.22. The van der Waals surface area contributed by atoms with Gasteiger partial charge in [0.2, 0.25) is 0 Å². The molecule has 0 fully saturated rings. The van der Waals surface area contributed by atoms with Crippen molar-refractivity contribution in [3.63, 3.8) is 0 Å². The second-order valence-electron chi connectivity index (χ2n) is 4.35. The zero-order valence-electron chi connectivity index (χ0n) is 10.1. The van der Waals surface area contributed by atoms with Crippen LogP contribution >= 0.6 is 0 Å². The van der Waals surface area contributed by atoms with Crippen molar-refractivity contribution in [1.29, 1.82) is 0 Å². The molecule has 1 aromatic rings. The zero-order chi connectivity index (χ0) is 12.3. The average molecular weight is 225 g/mol. The zero-order valence-corrected chi connectivity index (χ0v) is 10.1. The van der Waals surface area contributed by atoms with E-state index in [0.717, 1.165) is 17.1 Å². The van der Waals surface area contributed by atoms with Gasteiger partial charge in [-0.25, -0.2) is 0 Å². The molecule has 0 N–H and O–H groups in total. The van der Waals surface area contributed by atoms with E-state index in [4.69, 9.17) is 5.53 Å². The summed E-state index contributed by atoms with van der Waals surface area (Å²) in [5.41, 5.74) is 12.7. The quantitative estimate of drug-likeness (QED) is 0.520. The van der Waals surface area contributed by atoms with Crippen molar-refractivity contribution < 1.29 is 4.79 Å². The predicted octanol–water partition coefficient (Wildman–Crippen LogP) is 3.33. The van der Waals surface area contributed by atoms with E-state index in [1.807, 2.05) is 43.3 Å². The number of rotatable bonds is 1. The standard InChI is InChI=1S/C14H15N3/c1-10-3-6-12(7-4-10)16-13-8-5-11(2)14(9-13)17-15/h3-8,11H,9H2,1-2H3. The maximum absolute atomic E-state index is 8.88. The van der Waals surface area contributed by atoms with E-state index in [0.29, 0.717) is 6.42 Å². The lowest BCUT2D eigenvalue weighted by molar-refractivity contribution is -0.0124. The Labute approximate surface area is 101 Å². The molecule has 0 heterocycles. The van der Waals surface area contributed by atoms with Crippen LogP contribution in [0.2, 0.25) is 0 Å². The van der Waals surface area contributed by atoms with Gasteiger partial charge in [0.25, 0.3) is 5.71 Å². The molecule has 1 unspecified atom stereocenters.